The van der Waals surface area contributed by atoms with E-state index in [1.165, 1.54) is 0 Å². The highest BCUT2D eigenvalue weighted by molar-refractivity contribution is 6.31. The van der Waals surface area contributed by atoms with E-state index in [4.69, 9.17) is 17.3 Å². The van der Waals surface area contributed by atoms with Crippen molar-refractivity contribution in [1.82, 2.24) is 14.5 Å². The first kappa shape index (κ1) is 12.0. The second-order valence-electron chi connectivity index (χ2n) is 4.43. The van der Waals surface area contributed by atoms with E-state index in [0.717, 1.165) is 16.6 Å². The SMILES string of the molecule is CC(c1ccncc1)n1c(N)nc2ccc(Cl)cc21. The number of halogens is 1. The van der Waals surface area contributed by atoms with Gasteiger partial charge >= 0.3 is 0 Å². The van der Waals surface area contributed by atoms with Crippen molar-refractivity contribution in [2.75, 3.05) is 5.73 Å². The molecule has 2 aromatic heterocycles. The van der Waals surface area contributed by atoms with E-state index < -0.39 is 0 Å². The summed E-state index contributed by atoms with van der Waals surface area (Å²) in [6, 6.07) is 9.60. The van der Waals surface area contributed by atoms with Gasteiger partial charge in [0, 0.05) is 17.4 Å². The summed E-state index contributed by atoms with van der Waals surface area (Å²) in [7, 11) is 0. The minimum absolute atomic E-state index is 0.0754. The van der Waals surface area contributed by atoms with Gasteiger partial charge in [-0.25, -0.2) is 4.98 Å². The molecule has 0 radical (unpaired) electrons. The third-order valence-electron chi connectivity index (χ3n) is 3.25. The number of nitrogens with zero attached hydrogens (tertiary/aromatic N) is 3. The van der Waals surface area contributed by atoms with Crippen LogP contribution in [0.15, 0.2) is 42.7 Å². The van der Waals surface area contributed by atoms with Gasteiger partial charge in [-0.1, -0.05) is 11.6 Å². The number of nitrogen functional groups attached to an aromatic ring is 1. The fourth-order valence-corrected chi connectivity index (χ4v) is 2.45. The molecule has 2 N–H and O–H groups in total. The number of nitrogens with two attached hydrogens (primary N) is 1. The lowest BCUT2D eigenvalue weighted by Crippen LogP contribution is -2.10. The highest BCUT2D eigenvalue weighted by atomic mass is 35.5. The predicted molar refractivity (Wildman–Crippen MR) is 77.2 cm³/mol. The average molecular weight is 273 g/mol. The zero-order valence-electron chi connectivity index (χ0n) is 10.4. The Morgan fingerprint density at radius 3 is 2.68 bits per heavy atom. The van der Waals surface area contributed by atoms with Crippen LogP contribution in [0, 0.1) is 0 Å². The number of benzene rings is 1. The molecule has 1 aromatic carbocycles. The van der Waals surface area contributed by atoms with Gasteiger partial charge in [-0.2, -0.15) is 0 Å². The Kier molecular flexibility index (Phi) is 2.87. The van der Waals surface area contributed by atoms with Crippen LogP contribution >= 0.6 is 11.6 Å². The summed E-state index contributed by atoms with van der Waals surface area (Å²) in [6.45, 7) is 2.08. The standard InChI is InChI=1S/C14H13ClN4/c1-9(10-4-6-17-7-5-10)19-13-8-11(15)2-3-12(13)18-14(19)16/h2-9H,1H3,(H2,16,18). The van der Waals surface area contributed by atoms with Crippen molar-refractivity contribution in [3.63, 3.8) is 0 Å². The maximum Gasteiger partial charge on any atom is 0.201 e. The van der Waals surface area contributed by atoms with Crippen LogP contribution in [-0.2, 0) is 0 Å². The molecule has 0 spiro atoms. The van der Waals surface area contributed by atoms with E-state index in [-0.39, 0.29) is 6.04 Å². The molecule has 0 amide bonds. The minimum Gasteiger partial charge on any atom is -0.369 e. The van der Waals surface area contributed by atoms with Crippen LogP contribution in [0.3, 0.4) is 0 Å². The van der Waals surface area contributed by atoms with E-state index in [1.54, 1.807) is 12.4 Å². The third kappa shape index (κ3) is 2.04. The Hall–Kier alpha value is -2.07. The third-order valence-corrected chi connectivity index (χ3v) is 3.49. The van der Waals surface area contributed by atoms with Crippen LogP contribution in [0.5, 0.6) is 0 Å². The quantitative estimate of drug-likeness (QED) is 0.779. The van der Waals surface area contributed by atoms with Crippen molar-refractivity contribution in [2.24, 2.45) is 0 Å². The minimum atomic E-state index is 0.0754. The summed E-state index contributed by atoms with van der Waals surface area (Å²) < 4.78 is 1.98. The Morgan fingerprint density at radius 2 is 1.95 bits per heavy atom. The van der Waals surface area contributed by atoms with Gasteiger partial charge in [0.1, 0.15) is 0 Å². The van der Waals surface area contributed by atoms with Crippen molar-refractivity contribution in [3.05, 3.63) is 53.3 Å². The van der Waals surface area contributed by atoms with Gasteiger partial charge in [-0.05, 0) is 42.8 Å². The molecule has 1 unspecified atom stereocenters. The first-order chi connectivity index (χ1) is 9.16. The molecule has 3 aromatic rings. The summed E-state index contributed by atoms with van der Waals surface area (Å²) >= 11 is 6.06. The molecular formula is C14H13ClN4. The summed E-state index contributed by atoms with van der Waals surface area (Å²) in [5, 5.41) is 0.676. The van der Waals surface area contributed by atoms with E-state index in [2.05, 4.69) is 16.9 Å². The fraction of sp³-hybridized carbons (Fsp3) is 0.143. The Morgan fingerprint density at radius 1 is 1.21 bits per heavy atom. The number of imidazole rings is 1. The molecule has 0 saturated carbocycles. The summed E-state index contributed by atoms with van der Waals surface area (Å²) in [4.78, 5) is 8.40. The number of aromatic nitrogens is 3. The van der Waals surface area contributed by atoms with Gasteiger partial charge in [0.25, 0.3) is 0 Å². The van der Waals surface area contributed by atoms with Crippen LogP contribution in [0.4, 0.5) is 5.95 Å². The molecule has 0 bridgehead atoms. The smallest absolute Gasteiger partial charge is 0.201 e. The maximum absolute atomic E-state index is 6.06. The summed E-state index contributed by atoms with van der Waals surface area (Å²) in [5.74, 6) is 0.488. The van der Waals surface area contributed by atoms with E-state index in [0.29, 0.717) is 11.0 Å². The molecule has 0 aliphatic heterocycles. The number of rotatable bonds is 2. The molecule has 19 heavy (non-hydrogen) atoms. The Bertz CT molecular complexity index is 721. The first-order valence-electron chi connectivity index (χ1n) is 5.99. The lowest BCUT2D eigenvalue weighted by Gasteiger charge is -2.16. The van der Waals surface area contributed by atoms with E-state index >= 15 is 0 Å². The van der Waals surface area contributed by atoms with Gasteiger partial charge in [0.05, 0.1) is 17.1 Å². The molecule has 0 fully saturated rings. The number of hydrogen-bond donors (Lipinski definition) is 1. The lowest BCUT2D eigenvalue weighted by molar-refractivity contribution is 0.667. The number of anilines is 1. The molecular weight excluding hydrogens is 260 g/mol. The average Bonchev–Trinajstić information content (AvgIpc) is 2.74. The molecule has 0 saturated heterocycles. The topological polar surface area (TPSA) is 56.7 Å². The normalized spacial score (nSPS) is 12.7. The molecule has 0 aliphatic rings. The van der Waals surface area contributed by atoms with Crippen LogP contribution in [0.25, 0.3) is 11.0 Å². The molecule has 3 rings (SSSR count). The van der Waals surface area contributed by atoms with Gasteiger partial charge in [-0.3, -0.25) is 4.98 Å². The zero-order valence-corrected chi connectivity index (χ0v) is 11.2. The van der Waals surface area contributed by atoms with Crippen LogP contribution in [0.2, 0.25) is 5.02 Å². The van der Waals surface area contributed by atoms with Gasteiger partial charge in [0.2, 0.25) is 5.95 Å². The summed E-state index contributed by atoms with van der Waals surface area (Å²) in [6.07, 6.45) is 3.54. The van der Waals surface area contributed by atoms with Crippen molar-refractivity contribution in [1.29, 1.82) is 0 Å². The molecule has 4 nitrogen and oxygen atoms in total. The van der Waals surface area contributed by atoms with Gasteiger partial charge in [-0.15, -0.1) is 0 Å². The van der Waals surface area contributed by atoms with Gasteiger partial charge < -0.3 is 10.3 Å². The molecule has 0 aliphatic carbocycles. The first-order valence-corrected chi connectivity index (χ1v) is 6.37. The van der Waals surface area contributed by atoms with Crippen LogP contribution < -0.4 is 5.73 Å². The molecule has 1 atom stereocenters. The molecule has 5 heteroatoms. The summed E-state index contributed by atoms with van der Waals surface area (Å²) in [5.41, 5.74) is 8.95. The van der Waals surface area contributed by atoms with E-state index in [9.17, 15) is 0 Å². The van der Waals surface area contributed by atoms with Crippen molar-refractivity contribution < 1.29 is 0 Å². The van der Waals surface area contributed by atoms with Gasteiger partial charge in [0.15, 0.2) is 0 Å². The number of hydrogen-bond acceptors (Lipinski definition) is 3. The largest absolute Gasteiger partial charge is 0.369 e. The monoisotopic (exact) mass is 272 g/mol. The maximum atomic E-state index is 6.06. The highest BCUT2D eigenvalue weighted by Gasteiger charge is 2.15. The number of fused-ring (bicyclic) bond motifs is 1. The molecule has 2 heterocycles. The van der Waals surface area contributed by atoms with Crippen molar-refractivity contribution >= 4 is 28.6 Å². The second kappa shape index (κ2) is 4.55. The van der Waals surface area contributed by atoms with Crippen molar-refractivity contribution in [3.8, 4) is 0 Å². The zero-order chi connectivity index (χ0) is 13.4. The Balaban J connectivity index is 2.19. The van der Waals surface area contributed by atoms with Crippen LogP contribution in [0.1, 0.15) is 18.5 Å². The fourth-order valence-electron chi connectivity index (χ4n) is 2.28. The van der Waals surface area contributed by atoms with E-state index in [1.807, 2.05) is 34.9 Å². The lowest BCUT2D eigenvalue weighted by atomic mass is 10.1. The molecule has 96 valence electrons. The Labute approximate surface area is 115 Å². The second-order valence-corrected chi connectivity index (χ2v) is 4.87. The van der Waals surface area contributed by atoms with Crippen LogP contribution in [-0.4, -0.2) is 14.5 Å². The number of pyridine rings is 1. The van der Waals surface area contributed by atoms with Crippen molar-refractivity contribution in [2.45, 2.75) is 13.0 Å². The highest BCUT2D eigenvalue weighted by Crippen LogP contribution is 2.28. The predicted octanol–water partition coefficient (Wildman–Crippen LogP) is 3.28.